The van der Waals surface area contributed by atoms with E-state index in [1.807, 2.05) is 0 Å². The van der Waals surface area contributed by atoms with Crippen molar-refractivity contribution in [3.05, 3.63) is 47.1 Å². The molecule has 18 heavy (non-hydrogen) atoms. The van der Waals surface area contributed by atoms with Crippen LogP contribution in [0.1, 0.15) is 48.0 Å². The Kier molecular flexibility index (Phi) is 3.17. The number of rotatable bonds is 1. The molecule has 0 heteroatoms. The molecule has 0 saturated carbocycles. The fraction of sp³-hybridized carbons (Fsp3) is 0.556. The molecular formula is C18H26. The minimum absolute atomic E-state index is 0.269. The Bertz CT molecular complexity index is 453. The van der Waals surface area contributed by atoms with Crippen LogP contribution in [0.15, 0.2) is 47.1 Å². The molecular weight excluding hydrogens is 216 g/mol. The van der Waals surface area contributed by atoms with Crippen molar-refractivity contribution in [3.63, 3.8) is 0 Å². The van der Waals surface area contributed by atoms with E-state index in [2.05, 4.69) is 71.9 Å². The molecule has 0 radical (unpaired) electrons. The van der Waals surface area contributed by atoms with Crippen molar-refractivity contribution in [2.75, 3.05) is 0 Å². The molecule has 1 atom stereocenters. The van der Waals surface area contributed by atoms with Gasteiger partial charge in [0.05, 0.1) is 0 Å². The first kappa shape index (κ1) is 13.4. The van der Waals surface area contributed by atoms with E-state index in [0.717, 1.165) is 6.42 Å². The molecule has 0 nitrogen and oxygen atoms in total. The minimum Gasteiger partial charge on any atom is -0.0733 e. The van der Waals surface area contributed by atoms with Crippen molar-refractivity contribution in [1.82, 2.24) is 0 Å². The van der Waals surface area contributed by atoms with Gasteiger partial charge in [-0.25, -0.2) is 0 Å². The summed E-state index contributed by atoms with van der Waals surface area (Å²) >= 11 is 0. The molecule has 0 saturated heterocycles. The molecule has 1 unspecified atom stereocenters. The molecule has 0 heterocycles. The third-order valence-electron chi connectivity index (χ3n) is 3.99. The van der Waals surface area contributed by atoms with E-state index in [0.29, 0.717) is 11.3 Å². The lowest BCUT2D eigenvalue weighted by Crippen LogP contribution is -2.09. The maximum atomic E-state index is 2.44. The molecule has 98 valence electrons. The zero-order valence-electron chi connectivity index (χ0n) is 12.7. The van der Waals surface area contributed by atoms with Gasteiger partial charge >= 0.3 is 0 Å². The predicted molar refractivity (Wildman–Crippen MR) is 80.4 cm³/mol. The van der Waals surface area contributed by atoms with Crippen LogP contribution in [0, 0.1) is 16.7 Å². The lowest BCUT2D eigenvalue weighted by molar-refractivity contribution is 0.492. The standard InChI is InChI=1S/C18H26/c1-17(2,3)15-9-7-13(11-15)14-8-10-16(12-14)18(4,5)6/h7-11,13H,12H2,1-6H3. The third-order valence-corrected chi connectivity index (χ3v) is 3.99. The fourth-order valence-electron chi connectivity index (χ4n) is 2.53. The monoisotopic (exact) mass is 242 g/mol. The van der Waals surface area contributed by atoms with Gasteiger partial charge < -0.3 is 0 Å². The smallest absolute Gasteiger partial charge is 0.0172 e. The van der Waals surface area contributed by atoms with Crippen molar-refractivity contribution in [2.24, 2.45) is 16.7 Å². The molecule has 2 rings (SSSR count). The average molecular weight is 242 g/mol. The molecule has 2 aliphatic carbocycles. The van der Waals surface area contributed by atoms with Gasteiger partial charge in [-0.2, -0.15) is 0 Å². The summed E-state index contributed by atoms with van der Waals surface area (Å²) in [7, 11) is 0. The first-order valence-corrected chi connectivity index (χ1v) is 6.98. The predicted octanol–water partition coefficient (Wildman–Crippen LogP) is 5.45. The van der Waals surface area contributed by atoms with Crippen LogP contribution in [-0.2, 0) is 0 Å². The van der Waals surface area contributed by atoms with Crippen molar-refractivity contribution in [2.45, 2.75) is 48.0 Å². The Hall–Kier alpha value is -1.04. The molecule has 0 bridgehead atoms. The van der Waals surface area contributed by atoms with E-state index < -0.39 is 0 Å². The van der Waals surface area contributed by atoms with Crippen LogP contribution in [0.5, 0.6) is 0 Å². The van der Waals surface area contributed by atoms with Crippen molar-refractivity contribution in [3.8, 4) is 0 Å². The van der Waals surface area contributed by atoms with Crippen LogP contribution in [0.25, 0.3) is 0 Å². The second-order valence-corrected chi connectivity index (χ2v) is 7.62. The summed E-state index contributed by atoms with van der Waals surface area (Å²) in [5.41, 5.74) is 5.15. The number of allylic oxidation sites excluding steroid dienone is 8. The van der Waals surface area contributed by atoms with Gasteiger partial charge in [0.15, 0.2) is 0 Å². The normalized spacial score (nSPS) is 24.1. The number of hydrogen-bond donors (Lipinski definition) is 0. The van der Waals surface area contributed by atoms with Gasteiger partial charge in [0, 0.05) is 5.92 Å². The maximum absolute atomic E-state index is 2.44. The topological polar surface area (TPSA) is 0 Å². The van der Waals surface area contributed by atoms with Crippen molar-refractivity contribution < 1.29 is 0 Å². The van der Waals surface area contributed by atoms with Gasteiger partial charge in [0.1, 0.15) is 0 Å². The Balaban J connectivity index is 2.07. The molecule has 0 amide bonds. The first-order valence-electron chi connectivity index (χ1n) is 6.98. The van der Waals surface area contributed by atoms with Crippen LogP contribution < -0.4 is 0 Å². The maximum Gasteiger partial charge on any atom is 0.0172 e. The zero-order valence-corrected chi connectivity index (χ0v) is 12.7. The summed E-state index contributed by atoms with van der Waals surface area (Å²) in [4.78, 5) is 0. The molecule has 0 N–H and O–H groups in total. The quantitative estimate of drug-likeness (QED) is 0.573. The van der Waals surface area contributed by atoms with E-state index in [9.17, 15) is 0 Å². The molecule has 0 aromatic rings. The second kappa shape index (κ2) is 4.26. The van der Waals surface area contributed by atoms with E-state index in [1.165, 1.54) is 5.57 Å². The first-order chi connectivity index (χ1) is 8.18. The summed E-state index contributed by atoms with van der Waals surface area (Å²) in [5.74, 6) is 0.523. The summed E-state index contributed by atoms with van der Waals surface area (Å²) < 4.78 is 0. The Morgan fingerprint density at radius 2 is 1.61 bits per heavy atom. The van der Waals surface area contributed by atoms with Crippen molar-refractivity contribution in [1.29, 1.82) is 0 Å². The number of hydrogen-bond acceptors (Lipinski definition) is 0. The summed E-state index contributed by atoms with van der Waals surface area (Å²) in [6, 6.07) is 0. The SMILES string of the molecule is CC(C)(C)C1=CC(C2=CC=C(C(C)(C)C)C2)C=C1. The highest BCUT2D eigenvalue weighted by Gasteiger charge is 2.26. The lowest BCUT2D eigenvalue weighted by Gasteiger charge is -2.22. The van der Waals surface area contributed by atoms with Crippen LogP contribution in [-0.4, -0.2) is 0 Å². The van der Waals surface area contributed by atoms with Gasteiger partial charge in [-0.3, -0.25) is 0 Å². The molecule has 0 fully saturated rings. The summed E-state index contributed by atoms with van der Waals surface area (Å²) in [5, 5.41) is 0. The van der Waals surface area contributed by atoms with Gasteiger partial charge in [0.2, 0.25) is 0 Å². The van der Waals surface area contributed by atoms with Crippen LogP contribution in [0.4, 0.5) is 0 Å². The largest absolute Gasteiger partial charge is 0.0733 e. The minimum atomic E-state index is 0.269. The van der Waals surface area contributed by atoms with Crippen LogP contribution in [0.3, 0.4) is 0 Å². The highest BCUT2D eigenvalue weighted by Crippen LogP contribution is 2.41. The highest BCUT2D eigenvalue weighted by atomic mass is 14.3. The van der Waals surface area contributed by atoms with Crippen molar-refractivity contribution >= 4 is 0 Å². The van der Waals surface area contributed by atoms with E-state index in [1.54, 1.807) is 11.1 Å². The summed E-state index contributed by atoms with van der Waals surface area (Å²) in [6.45, 7) is 13.8. The fourth-order valence-corrected chi connectivity index (χ4v) is 2.53. The molecule has 2 aliphatic rings. The highest BCUT2D eigenvalue weighted by molar-refractivity contribution is 5.44. The van der Waals surface area contributed by atoms with Gasteiger partial charge in [-0.1, -0.05) is 83.1 Å². The van der Waals surface area contributed by atoms with Crippen LogP contribution in [0.2, 0.25) is 0 Å². The molecule has 0 aliphatic heterocycles. The second-order valence-electron chi connectivity index (χ2n) is 7.62. The zero-order chi connectivity index (χ0) is 13.6. The molecule has 0 aromatic heterocycles. The Morgan fingerprint density at radius 1 is 0.944 bits per heavy atom. The lowest BCUT2D eigenvalue weighted by atomic mass is 9.83. The van der Waals surface area contributed by atoms with Gasteiger partial charge in [-0.05, 0) is 22.8 Å². The van der Waals surface area contributed by atoms with E-state index >= 15 is 0 Å². The average Bonchev–Trinajstić information content (AvgIpc) is 2.84. The molecule has 0 aromatic carbocycles. The van der Waals surface area contributed by atoms with Gasteiger partial charge in [-0.15, -0.1) is 0 Å². The van der Waals surface area contributed by atoms with Gasteiger partial charge in [0.25, 0.3) is 0 Å². The van der Waals surface area contributed by atoms with Crippen LogP contribution >= 0.6 is 0 Å². The van der Waals surface area contributed by atoms with E-state index in [4.69, 9.17) is 0 Å². The summed E-state index contributed by atoms with van der Waals surface area (Å²) in [6.07, 6.45) is 12.9. The Morgan fingerprint density at radius 3 is 2.06 bits per heavy atom. The van der Waals surface area contributed by atoms with E-state index in [-0.39, 0.29) is 5.41 Å². The molecule has 0 spiro atoms. The Labute approximate surface area is 112 Å². The third kappa shape index (κ3) is 2.68.